The van der Waals surface area contributed by atoms with Gasteiger partial charge in [-0.3, -0.25) is 9.36 Å². The third kappa shape index (κ3) is 3.70. The summed E-state index contributed by atoms with van der Waals surface area (Å²) in [5.74, 6) is -0.291. The number of benzene rings is 3. The van der Waals surface area contributed by atoms with Gasteiger partial charge in [0, 0.05) is 16.0 Å². The number of halogens is 1. The number of para-hydroxylation sites is 1. The Hall–Kier alpha value is -2.95. The fourth-order valence-electron chi connectivity index (χ4n) is 2.99. The van der Waals surface area contributed by atoms with Gasteiger partial charge in [0.15, 0.2) is 4.80 Å². The molecular weight excluding hydrogens is 388 g/mol. The maximum atomic E-state index is 12.7. The summed E-state index contributed by atoms with van der Waals surface area (Å²) in [4.78, 5) is 17.8. The van der Waals surface area contributed by atoms with E-state index in [0.29, 0.717) is 15.4 Å². The van der Waals surface area contributed by atoms with Crippen LogP contribution in [0.3, 0.4) is 0 Å². The van der Waals surface area contributed by atoms with Crippen LogP contribution in [-0.4, -0.2) is 10.5 Å². The van der Waals surface area contributed by atoms with E-state index in [9.17, 15) is 4.79 Å². The number of aryl methyl sites for hydroxylation is 1. The summed E-state index contributed by atoms with van der Waals surface area (Å²) in [5, 5.41) is 2.63. The normalized spacial score (nSPS) is 11.6. The molecule has 0 aliphatic rings. The lowest BCUT2D eigenvalue weighted by molar-refractivity contribution is 0.0998. The first kappa shape index (κ1) is 18.4. The van der Waals surface area contributed by atoms with Gasteiger partial charge >= 0.3 is 0 Å². The Balaban J connectivity index is 1.91. The lowest BCUT2D eigenvalue weighted by atomic mass is 10.1. The molecule has 0 unspecified atom stereocenters. The van der Waals surface area contributed by atoms with E-state index in [1.54, 1.807) is 24.3 Å². The molecule has 1 aromatic heterocycles. The van der Waals surface area contributed by atoms with E-state index >= 15 is 0 Å². The zero-order chi connectivity index (χ0) is 19.5. The van der Waals surface area contributed by atoms with Crippen LogP contribution in [0.4, 0.5) is 0 Å². The molecule has 3 nitrogen and oxygen atoms in total. The van der Waals surface area contributed by atoms with Gasteiger partial charge in [0.05, 0.1) is 11.4 Å². The number of carbonyl (C=O) groups excluding carboxylic acids is 1. The number of carbonyl (C=O) groups is 1. The number of rotatable bonds is 3. The summed E-state index contributed by atoms with van der Waals surface area (Å²) < 4.78 is 2.04. The molecule has 3 aromatic carbocycles. The van der Waals surface area contributed by atoms with Crippen molar-refractivity contribution in [3.05, 3.63) is 105 Å². The lowest BCUT2D eigenvalue weighted by Gasteiger charge is -2.12. The molecule has 0 fully saturated rings. The topological polar surface area (TPSA) is 34.4 Å². The smallest absolute Gasteiger partial charge is 0.279 e. The van der Waals surface area contributed by atoms with E-state index in [0.717, 1.165) is 22.5 Å². The van der Waals surface area contributed by atoms with Gasteiger partial charge in [0.2, 0.25) is 0 Å². The Kier molecular flexibility index (Phi) is 5.24. The van der Waals surface area contributed by atoms with Crippen LogP contribution in [0.15, 0.2) is 89.2 Å². The minimum atomic E-state index is -0.291. The van der Waals surface area contributed by atoms with Gasteiger partial charge in [-0.2, -0.15) is 4.99 Å². The standard InChI is InChI=1S/C23H17ClN2OS/c1-16-7-5-6-10-20(16)26-21(17-8-3-2-4-9-17)15-28-23(26)25-22(27)18-11-13-19(24)14-12-18/h2-15H,1H3. The lowest BCUT2D eigenvalue weighted by Crippen LogP contribution is -2.17. The highest BCUT2D eigenvalue weighted by atomic mass is 35.5. The van der Waals surface area contributed by atoms with E-state index in [4.69, 9.17) is 11.6 Å². The summed E-state index contributed by atoms with van der Waals surface area (Å²) in [6, 6.07) is 25.0. The molecule has 0 saturated heterocycles. The maximum Gasteiger partial charge on any atom is 0.279 e. The minimum Gasteiger partial charge on any atom is -0.285 e. The molecule has 28 heavy (non-hydrogen) atoms. The molecule has 5 heteroatoms. The van der Waals surface area contributed by atoms with Gasteiger partial charge in [-0.15, -0.1) is 11.3 Å². The van der Waals surface area contributed by atoms with Crippen LogP contribution in [0.2, 0.25) is 5.02 Å². The molecule has 138 valence electrons. The largest absolute Gasteiger partial charge is 0.285 e. The second-order valence-electron chi connectivity index (χ2n) is 6.32. The quantitative estimate of drug-likeness (QED) is 0.418. The van der Waals surface area contributed by atoms with Gasteiger partial charge in [0.25, 0.3) is 5.91 Å². The SMILES string of the molecule is Cc1ccccc1-n1c(-c2ccccc2)csc1=NC(=O)c1ccc(Cl)cc1. The van der Waals surface area contributed by atoms with Crippen LogP contribution in [0.5, 0.6) is 0 Å². The number of hydrogen-bond donors (Lipinski definition) is 0. The van der Waals surface area contributed by atoms with Crippen LogP contribution < -0.4 is 4.80 Å². The van der Waals surface area contributed by atoms with Crippen molar-refractivity contribution in [2.45, 2.75) is 6.92 Å². The predicted molar refractivity (Wildman–Crippen MR) is 115 cm³/mol. The predicted octanol–water partition coefficient (Wildman–Crippen LogP) is 5.91. The van der Waals surface area contributed by atoms with Crippen molar-refractivity contribution in [2.24, 2.45) is 4.99 Å². The van der Waals surface area contributed by atoms with Crippen molar-refractivity contribution >= 4 is 28.8 Å². The zero-order valence-corrected chi connectivity index (χ0v) is 16.7. The molecule has 0 radical (unpaired) electrons. The van der Waals surface area contributed by atoms with E-state index in [2.05, 4.69) is 30.1 Å². The van der Waals surface area contributed by atoms with Crippen molar-refractivity contribution in [1.82, 2.24) is 4.57 Å². The average Bonchev–Trinajstić information content (AvgIpc) is 3.13. The number of aromatic nitrogens is 1. The Morgan fingerprint density at radius 1 is 0.929 bits per heavy atom. The van der Waals surface area contributed by atoms with Gasteiger partial charge < -0.3 is 0 Å². The Bertz CT molecular complexity index is 1190. The van der Waals surface area contributed by atoms with E-state index in [1.165, 1.54) is 11.3 Å². The van der Waals surface area contributed by atoms with Crippen LogP contribution in [0.1, 0.15) is 15.9 Å². The highest BCUT2D eigenvalue weighted by Crippen LogP contribution is 2.25. The minimum absolute atomic E-state index is 0.291. The third-order valence-electron chi connectivity index (χ3n) is 4.42. The van der Waals surface area contributed by atoms with Crippen LogP contribution in [0.25, 0.3) is 16.9 Å². The number of amides is 1. The highest BCUT2D eigenvalue weighted by Gasteiger charge is 2.13. The molecule has 0 aliphatic carbocycles. The first-order valence-corrected chi connectivity index (χ1v) is 10.1. The van der Waals surface area contributed by atoms with E-state index < -0.39 is 0 Å². The molecule has 0 aliphatic heterocycles. The first-order valence-electron chi connectivity index (χ1n) is 8.80. The van der Waals surface area contributed by atoms with E-state index in [1.807, 2.05) is 46.3 Å². The van der Waals surface area contributed by atoms with Crippen LogP contribution in [-0.2, 0) is 0 Å². The summed E-state index contributed by atoms with van der Waals surface area (Å²) in [5.41, 5.74) is 4.70. The molecule has 1 heterocycles. The maximum absolute atomic E-state index is 12.7. The molecule has 0 spiro atoms. The van der Waals surface area contributed by atoms with E-state index in [-0.39, 0.29) is 5.91 Å². The molecule has 0 bridgehead atoms. The van der Waals surface area contributed by atoms with Crippen LogP contribution >= 0.6 is 22.9 Å². The second kappa shape index (κ2) is 7.97. The Morgan fingerprint density at radius 3 is 2.32 bits per heavy atom. The van der Waals surface area contributed by atoms with Crippen molar-refractivity contribution in [2.75, 3.05) is 0 Å². The fourth-order valence-corrected chi connectivity index (χ4v) is 4.01. The monoisotopic (exact) mass is 404 g/mol. The number of thiazole rings is 1. The van der Waals surface area contributed by atoms with Gasteiger partial charge in [0.1, 0.15) is 0 Å². The molecule has 4 rings (SSSR count). The molecule has 0 saturated carbocycles. The highest BCUT2D eigenvalue weighted by molar-refractivity contribution is 7.07. The van der Waals surface area contributed by atoms with Crippen molar-refractivity contribution < 1.29 is 4.79 Å². The number of nitrogens with zero attached hydrogens (tertiary/aromatic N) is 2. The molecule has 4 aromatic rings. The summed E-state index contributed by atoms with van der Waals surface area (Å²) in [7, 11) is 0. The Morgan fingerprint density at radius 2 is 1.61 bits per heavy atom. The van der Waals surface area contributed by atoms with Crippen LogP contribution in [0, 0.1) is 6.92 Å². The summed E-state index contributed by atoms with van der Waals surface area (Å²) >= 11 is 7.38. The molecule has 0 N–H and O–H groups in total. The Labute approximate surface area is 172 Å². The van der Waals surface area contributed by atoms with Crippen molar-refractivity contribution in [3.8, 4) is 16.9 Å². The summed E-state index contributed by atoms with van der Waals surface area (Å²) in [6.07, 6.45) is 0. The molecule has 0 atom stereocenters. The van der Waals surface area contributed by atoms with Gasteiger partial charge in [-0.05, 0) is 48.4 Å². The van der Waals surface area contributed by atoms with Crippen molar-refractivity contribution in [1.29, 1.82) is 0 Å². The third-order valence-corrected chi connectivity index (χ3v) is 5.50. The summed E-state index contributed by atoms with van der Waals surface area (Å²) in [6.45, 7) is 2.06. The zero-order valence-electron chi connectivity index (χ0n) is 15.2. The number of hydrogen-bond acceptors (Lipinski definition) is 2. The molecule has 1 amide bonds. The first-order chi connectivity index (χ1) is 13.6. The van der Waals surface area contributed by atoms with Crippen molar-refractivity contribution in [3.63, 3.8) is 0 Å². The molecular formula is C23H17ClN2OS. The second-order valence-corrected chi connectivity index (χ2v) is 7.59. The van der Waals surface area contributed by atoms with Gasteiger partial charge in [-0.1, -0.05) is 60.1 Å². The fraction of sp³-hybridized carbons (Fsp3) is 0.0435. The average molecular weight is 405 g/mol. The van der Waals surface area contributed by atoms with Gasteiger partial charge in [-0.25, -0.2) is 0 Å².